The fraction of sp³-hybridized carbons (Fsp3) is 0.889. The third kappa shape index (κ3) is 3.61. The van der Waals surface area contributed by atoms with Crippen molar-refractivity contribution in [3.63, 3.8) is 0 Å². The SMILES string of the molecule is NCCC(OCC1CCCO1)C(=O)O. The van der Waals surface area contributed by atoms with Gasteiger partial charge in [0.2, 0.25) is 0 Å². The second-order valence-electron chi connectivity index (χ2n) is 3.37. The molecule has 0 amide bonds. The van der Waals surface area contributed by atoms with Crippen LogP contribution < -0.4 is 5.73 Å². The smallest absolute Gasteiger partial charge is 0.332 e. The molecule has 0 aromatic heterocycles. The summed E-state index contributed by atoms with van der Waals surface area (Å²) in [6, 6.07) is 0. The molecule has 1 heterocycles. The summed E-state index contributed by atoms with van der Waals surface area (Å²) in [5.74, 6) is -0.951. The summed E-state index contributed by atoms with van der Waals surface area (Å²) < 4.78 is 10.5. The Morgan fingerprint density at radius 1 is 1.71 bits per heavy atom. The van der Waals surface area contributed by atoms with Gasteiger partial charge in [-0.25, -0.2) is 4.79 Å². The van der Waals surface area contributed by atoms with Crippen LogP contribution in [0.25, 0.3) is 0 Å². The molecular formula is C9H17NO4. The van der Waals surface area contributed by atoms with Gasteiger partial charge < -0.3 is 20.3 Å². The molecule has 2 unspecified atom stereocenters. The summed E-state index contributed by atoms with van der Waals surface area (Å²) in [6.07, 6.45) is 1.61. The Labute approximate surface area is 83.2 Å². The van der Waals surface area contributed by atoms with Crippen molar-refractivity contribution in [1.82, 2.24) is 0 Å². The largest absolute Gasteiger partial charge is 0.479 e. The van der Waals surface area contributed by atoms with Crippen LogP contribution in [0.5, 0.6) is 0 Å². The van der Waals surface area contributed by atoms with Gasteiger partial charge in [-0.15, -0.1) is 0 Å². The van der Waals surface area contributed by atoms with Crippen LogP contribution >= 0.6 is 0 Å². The summed E-state index contributed by atoms with van der Waals surface area (Å²) in [5.41, 5.74) is 5.28. The maximum atomic E-state index is 10.7. The molecule has 1 aliphatic heterocycles. The van der Waals surface area contributed by atoms with Gasteiger partial charge in [-0.3, -0.25) is 0 Å². The van der Waals surface area contributed by atoms with Gasteiger partial charge in [0.15, 0.2) is 6.10 Å². The quantitative estimate of drug-likeness (QED) is 0.634. The van der Waals surface area contributed by atoms with Crippen LogP contribution in [0.15, 0.2) is 0 Å². The monoisotopic (exact) mass is 203 g/mol. The van der Waals surface area contributed by atoms with E-state index in [4.69, 9.17) is 20.3 Å². The summed E-state index contributed by atoms with van der Waals surface area (Å²) >= 11 is 0. The highest BCUT2D eigenvalue weighted by atomic mass is 16.6. The molecule has 0 aromatic carbocycles. The van der Waals surface area contributed by atoms with E-state index in [-0.39, 0.29) is 6.10 Å². The molecule has 0 bridgehead atoms. The van der Waals surface area contributed by atoms with Crippen molar-refractivity contribution in [3.8, 4) is 0 Å². The molecule has 0 spiro atoms. The van der Waals surface area contributed by atoms with E-state index in [0.717, 1.165) is 19.4 Å². The predicted molar refractivity (Wildman–Crippen MR) is 50.0 cm³/mol. The van der Waals surface area contributed by atoms with Crippen molar-refractivity contribution < 1.29 is 19.4 Å². The van der Waals surface area contributed by atoms with Gasteiger partial charge in [0.1, 0.15) is 0 Å². The molecule has 82 valence electrons. The minimum Gasteiger partial charge on any atom is -0.479 e. The lowest BCUT2D eigenvalue weighted by atomic mass is 10.2. The number of carbonyl (C=O) groups is 1. The minimum absolute atomic E-state index is 0.0645. The van der Waals surface area contributed by atoms with Gasteiger partial charge in [0, 0.05) is 6.61 Å². The number of rotatable bonds is 6. The van der Waals surface area contributed by atoms with Crippen LogP contribution in [0.2, 0.25) is 0 Å². The Balaban J connectivity index is 2.21. The molecule has 0 aliphatic carbocycles. The molecule has 2 atom stereocenters. The van der Waals surface area contributed by atoms with Gasteiger partial charge in [-0.1, -0.05) is 0 Å². The first-order chi connectivity index (χ1) is 6.74. The first-order valence-electron chi connectivity index (χ1n) is 4.90. The second-order valence-corrected chi connectivity index (χ2v) is 3.37. The van der Waals surface area contributed by atoms with Crippen molar-refractivity contribution in [1.29, 1.82) is 0 Å². The highest BCUT2D eigenvalue weighted by Crippen LogP contribution is 2.13. The number of hydrogen-bond acceptors (Lipinski definition) is 4. The number of aliphatic carboxylic acids is 1. The average molecular weight is 203 g/mol. The molecule has 0 aromatic rings. The maximum absolute atomic E-state index is 10.7. The molecule has 1 aliphatic rings. The number of carboxylic acid groups (broad SMARTS) is 1. The first kappa shape index (κ1) is 11.4. The second kappa shape index (κ2) is 5.95. The lowest BCUT2D eigenvalue weighted by Crippen LogP contribution is -2.30. The molecular weight excluding hydrogens is 186 g/mol. The fourth-order valence-electron chi connectivity index (χ4n) is 1.43. The summed E-state index contributed by atoms with van der Waals surface area (Å²) in [5, 5.41) is 8.76. The molecule has 1 saturated heterocycles. The van der Waals surface area contributed by atoms with Crippen molar-refractivity contribution in [3.05, 3.63) is 0 Å². The zero-order valence-corrected chi connectivity index (χ0v) is 8.15. The van der Waals surface area contributed by atoms with E-state index in [2.05, 4.69) is 0 Å². The van der Waals surface area contributed by atoms with E-state index in [9.17, 15) is 4.79 Å². The molecule has 3 N–H and O–H groups in total. The van der Waals surface area contributed by atoms with Crippen LogP contribution in [0, 0.1) is 0 Å². The fourth-order valence-corrected chi connectivity index (χ4v) is 1.43. The van der Waals surface area contributed by atoms with Gasteiger partial charge in [0.05, 0.1) is 12.7 Å². The lowest BCUT2D eigenvalue weighted by molar-refractivity contribution is -0.152. The van der Waals surface area contributed by atoms with E-state index in [1.54, 1.807) is 0 Å². The van der Waals surface area contributed by atoms with Crippen molar-refractivity contribution in [2.24, 2.45) is 5.73 Å². The molecule has 0 saturated carbocycles. The molecule has 5 heteroatoms. The maximum Gasteiger partial charge on any atom is 0.332 e. The van der Waals surface area contributed by atoms with Gasteiger partial charge >= 0.3 is 5.97 Å². The van der Waals surface area contributed by atoms with E-state index < -0.39 is 12.1 Å². The Morgan fingerprint density at radius 3 is 3.00 bits per heavy atom. The van der Waals surface area contributed by atoms with Crippen molar-refractivity contribution in [2.75, 3.05) is 19.8 Å². The molecule has 5 nitrogen and oxygen atoms in total. The van der Waals surface area contributed by atoms with E-state index in [1.807, 2.05) is 0 Å². The normalized spacial score (nSPS) is 23.6. The Bertz CT molecular complexity index is 180. The Morgan fingerprint density at radius 2 is 2.50 bits per heavy atom. The van der Waals surface area contributed by atoms with E-state index in [1.165, 1.54) is 0 Å². The minimum atomic E-state index is -0.951. The highest BCUT2D eigenvalue weighted by Gasteiger charge is 2.21. The van der Waals surface area contributed by atoms with E-state index >= 15 is 0 Å². The number of carboxylic acids is 1. The molecule has 1 rings (SSSR count). The Kier molecular flexibility index (Phi) is 4.86. The average Bonchev–Trinajstić information content (AvgIpc) is 2.64. The molecule has 1 fully saturated rings. The van der Waals surface area contributed by atoms with Crippen LogP contribution in [-0.4, -0.2) is 43.0 Å². The summed E-state index contributed by atoms with van der Waals surface area (Å²) in [4.78, 5) is 10.7. The highest BCUT2D eigenvalue weighted by molar-refractivity contribution is 5.72. The lowest BCUT2D eigenvalue weighted by Gasteiger charge is -2.15. The standard InChI is InChI=1S/C9H17NO4/c10-4-3-8(9(11)12)14-6-7-2-1-5-13-7/h7-8H,1-6,10H2,(H,11,12). The topological polar surface area (TPSA) is 81.8 Å². The van der Waals surface area contributed by atoms with Crippen LogP contribution in [0.4, 0.5) is 0 Å². The molecule has 14 heavy (non-hydrogen) atoms. The zero-order valence-electron chi connectivity index (χ0n) is 8.15. The van der Waals surface area contributed by atoms with Crippen LogP contribution in [0.3, 0.4) is 0 Å². The van der Waals surface area contributed by atoms with Crippen molar-refractivity contribution in [2.45, 2.75) is 31.5 Å². The summed E-state index contributed by atoms with van der Waals surface area (Å²) in [7, 11) is 0. The summed E-state index contributed by atoms with van der Waals surface area (Å²) in [6.45, 7) is 1.43. The number of nitrogens with two attached hydrogens (primary N) is 1. The number of ether oxygens (including phenoxy) is 2. The van der Waals surface area contributed by atoms with Crippen LogP contribution in [-0.2, 0) is 14.3 Å². The predicted octanol–water partition coefficient (Wildman–Crippen LogP) is -0.0160. The third-order valence-corrected chi connectivity index (χ3v) is 2.21. The molecule has 0 radical (unpaired) electrons. The zero-order chi connectivity index (χ0) is 10.4. The van der Waals surface area contributed by atoms with Crippen molar-refractivity contribution >= 4 is 5.97 Å². The number of hydrogen-bond donors (Lipinski definition) is 2. The van der Waals surface area contributed by atoms with Crippen LogP contribution in [0.1, 0.15) is 19.3 Å². The van der Waals surface area contributed by atoms with Gasteiger partial charge in [0.25, 0.3) is 0 Å². The first-order valence-corrected chi connectivity index (χ1v) is 4.90. The third-order valence-electron chi connectivity index (χ3n) is 2.21. The van der Waals surface area contributed by atoms with Gasteiger partial charge in [-0.05, 0) is 25.8 Å². The van der Waals surface area contributed by atoms with E-state index in [0.29, 0.717) is 19.6 Å². The Hall–Kier alpha value is -0.650. The van der Waals surface area contributed by atoms with Gasteiger partial charge in [-0.2, -0.15) is 0 Å².